The molecule has 2 rings (SSSR count). The Morgan fingerprint density at radius 1 is 1.47 bits per heavy atom. The molecular weight excluding hydrogens is 210 g/mol. The van der Waals surface area contributed by atoms with Crippen LogP contribution in [-0.4, -0.2) is 11.8 Å². The fourth-order valence-corrected chi connectivity index (χ4v) is 2.67. The average molecular weight is 231 g/mol. The number of hydrogen-bond donors (Lipinski definition) is 1. The Labute approximate surface area is 103 Å². The molecular formula is C15H21NO. The fourth-order valence-electron chi connectivity index (χ4n) is 2.67. The second kappa shape index (κ2) is 5.46. The number of Topliss-reactive ketones (excluding diaryl/α,β-unsaturated/α-hetero) is 1. The van der Waals surface area contributed by atoms with Crippen molar-refractivity contribution in [1.82, 2.24) is 0 Å². The van der Waals surface area contributed by atoms with Crippen LogP contribution < -0.4 is 5.73 Å². The van der Waals surface area contributed by atoms with Crippen molar-refractivity contribution in [1.29, 1.82) is 0 Å². The highest BCUT2D eigenvalue weighted by Crippen LogP contribution is 2.37. The molecule has 0 aromatic heterocycles. The van der Waals surface area contributed by atoms with E-state index in [1.54, 1.807) is 0 Å². The highest BCUT2D eigenvalue weighted by Gasteiger charge is 2.27. The van der Waals surface area contributed by atoms with Crippen molar-refractivity contribution in [2.24, 2.45) is 5.73 Å². The lowest BCUT2D eigenvalue weighted by atomic mass is 9.74. The second-order valence-corrected chi connectivity index (χ2v) is 5.10. The first-order valence-electron chi connectivity index (χ1n) is 6.55. The van der Waals surface area contributed by atoms with E-state index in [2.05, 4.69) is 31.2 Å². The highest BCUT2D eigenvalue weighted by molar-refractivity contribution is 5.80. The van der Waals surface area contributed by atoms with Crippen LogP contribution in [-0.2, 0) is 11.2 Å². The van der Waals surface area contributed by atoms with Gasteiger partial charge in [-0.2, -0.15) is 0 Å². The van der Waals surface area contributed by atoms with Gasteiger partial charge in [-0.15, -0.1) is 0 Å². The van der Waals surface area contributed by atoms with Crippen molar-refractivity contribution in [3.05, 3.63) is 35.4 Å². The van der Waals surface area contributed by atoms with E-state index in [0.29, 0.717) is 24.5 Å². The zero-order chi connectivity index (χ0) is 12.3. The predicted molar refractivity (Wildman–Crippen MR) is 70.0 cm³/mol. The molecule has 0 spiro atoms. The molecule has 2 nitrogen and oxygen atoms in total. The zero-order valence-corrected chi connectivity index (χ0v) is 10.5. The topological polar surface area (TPSA) is 43.1 Å². The molecule has 2 heteroatoms. The molecule has 0 bridgehead atoms. The van der Waals surface area contributed by atoms with E-state index in [1.807, 2.05) is 0 Å². The largest absolute Gasteiger partial charge is 0.327 e. The maximum absolute atomic E-state index is 11.9. The van der Waals surface area contributed by atoms with E-state index in [4.69, 9.17) is 5.73 Å². The average Bonchev–Trinajstić information content (AvgIpc) is 2.26. The van der Waals surface area contributed by atoms with Crippen molar-refractivity contribution in [2.45, 2.75) is 51.0 Å². The minimum atomic E-state index is 0.0582. The van der Waals surface area contributed by atoms with Gasteiger partial charge in [-0.25, -0.2) is 0 Å². The van der Waals surface area contributed by atoms with Gasteiger partial charge in [-0.3, -0.25) is 4.79 Å². The van der Waals surface area contributed by atoms with Gasteiger partial charge in [0.25, 0.3) is 0 Å². The van der Waals surface area contributed by atoms with E-state index < -0.39 is 0 Å². The first-order valence-corrected chi connectivity index (χ1v) is 6.55. The van der Waals surface area contributed by atoms with Gasteiger partial charge in [0.15, 0.2) is 0 Å². The molecule has 2 atom stereocenters. The van der Waals surface area contributed by atoms with Crippen LogP contribution in [0.3, 0.4) is 0 Å². The molecule has 0 aliphatic heterocycles. The van der Waals surface area contributed by atoms with Gasteiger partial charge in [0.05, 0.1) is 0 Å². The Hall–Kier alpha value is -1.15. The molecule has 2 unspecified atom stereocenters. The van der Waals surface area contributed by atoms with E-state index in [-0.39, 0.29) is 6.04 Å². The first-order chi connectivity index (χ1) is 8.20. The summed E-state index contributed by atoms with van der Waals surface area (Å²) in [6.07, 6.45) is 4.29. The van der Waals surface area contributed by atoms with E-state index in [9.17, 15) is 4.79 Å². The molecule has 1 aliphatic rings. The smallest absolute Gasteiger partial charge is 0.135 e. The van der Waals surface area contributed by atoms with Gasteiger partial charge in [-0.1, -0.05) is 37.6 Å². The SMILES string of the molecule is CCCC(N)CC(=O)CC1Cc2ccccc21. The van der Waals surface area contributed by atoms with E-state index in [1.165, 1.54) is 11.1 Å². The first kappa shape index (κ1) is 12.3. The molecule has 17 heavy (non-hydrogen) atoms. The standard InChI is InChI=1S/C15H21NO/c1-2-5-13(16)10-14(17)9-12-8-11-6-3-4-7-15(11)12/h3-4,6-7,12-13H,2,5,8-10,16H2,1H3. The summed E-state index contributed by atoms with van der Waals surface area (Å²) in [7, 11) is 0. The van der Waals surface area contributed by atoms with E-state index >= 15 is 0 Å². The third-order valence-electron chi connectivity index (χ3n) is 3.58. The summed E-state index contributed by atoms with van der Waals surface area (Å²) >= 11 is 0. The number of carbonyl (C=O) groups is 1. The van der Waals surface area contributed by atoms with Gasteiger partial charge in [-0.05, 0) is 29.9 Å². The second-order valence-electron chi connectivity index (χ2n) is 5.10. The predicted octanol–water partition coefficient (Wildman–Crippen LogP) is 2.80. The molecule has 0 fully saturated rings. The van der Waals surface area contributed by atoms with Crippen molar-refractivity contribution in [3.63, 3.8) is 0 Å². The maximum Gasteiger partial charge on any atom is 0.135 e. The fraction of sp³-hybridized carbons (Fsp3) is 0.533. The normalized spacial score (nSPS) is 19.3. The number of rotatable bonds is 6. The molecule has 0 radical (unpaired) electrons. The van der Waals surface area contributed by atoms with Crippen LogP contribution >= 0.6 is 0 Å². The number of carbonyl (C=O) groups excluding carboxylic acids is 1. The van der Waals surface area contributed by atoms with Crippen molar-refractivity contribution in [2.75, 3.05) is 0 Å². The minimum absolute atomic E-state index is 0.0582. The number of ketones is 1. The Morgan fingerprint density at radius 2 is 2.24 bits per heavy atom. The quantitative estimate of drug-likeness (QED) is 0.818. The summed E-state index contributed by atoms with van der Waals surface area (Å²) in [6.45, 7) is 2.10. The maximum atomic E-state index is 11.9. The molecule has 0 heterocycles. The molecule has 0 amide bonds. The van der Waals surface area contributed by atoms with Crippen molar-refractivity contribution >= 4 is 5.78 Å². The lowest BCUT2D eigenvalue weighted by molar-refractivity contribution is -0.119. The zero-order valence-electron chi connectivity index (χ0n) is 10.5. The monoisotopic (exact) mass is 231 g/mol. The van der Waals surface area contributed by atoms with Gasteiger partial charge in [0.1, 0.15) is 5.78 Å². The lowest BCUT2D eigenvalue weighted by Crippen LogP contribution is -2.26. The van der Waals surface area contributed by atoms with Crippen LogP contribution in [0, 0.1) is 0 Å². The molecule has 1 aliphatic carbocycles. The van der Waals surface area contributed by atoms with Crippen LogP contribution in [0.15, 0.2) is 24.3 Å². The van der Waals surface area contributed by atoms with Gasteiger partial charge in [0, 0.05) is 18.9 Å². The number of nitrogens with two attached hydrogens (primary N) is 1. The molecule has 0 saturated heterocycles. The summed E-state index contributed by atoms with van der Waals surface area (Å²) in [5, 5.41) is 0. The van der Waals surface area contributed by atoms with Gasteiger partial charge >= 0.3 is 0 Å². The number of benzene rings is 1. The molecule has 1 aromatic rings. The van der Waals surface area contributed by atoms with Crippen LogP contribution in [0.2, 0.25) is 0 Å². The van der Waals surface area contributed by atoms with Crippen molar-refractivity contribution < 1.29 is 4.79 Å². The van der Waals surface area contributed by atoms with Crippen LogP contribution in [0.1, 0.15) is 49.7 Å². The third-order valence-corrected chi connectivity index (χ3v) is 3.58. The van der Waals surface area contributed by atoms with E-state index in [0.717, 1.165) is 19.3 Å². The summed E-state index contributed by atoms with van der Waals surface area (Å²) in [6, 6.07) is 8.47. The summed E-state index contributed by atoms with van der Waals surface area (Å²) in [5.41, 5.74) is 8.67. The van der Waals surface area contributed by atoms with Crippen LogP contribution in [0.25, 0.3) is 0 Å². The Balaban J connectivity index is 1.82. The minimum Gasteiger partial charge on any atom is -0.327 e. The molecule has 92 valence electrons. The van der Waals surface area contributed by atoms with Crippen molar-refractivity contribution in [3.8, 4) is 0 Å². The van der Waals surface area contributed by atoms with Gasteiger partial charge < -0.3 is 5.73 Å². The lowest BCUT2D eigenvalue weighted by Gasteiger charge is -2.29. The number of hydrogen-bond acceptors (Lipinski definition) is 2. The Bertz CT molecular complexity index is 400. The molecule has 2 N–H and O–H groups in total. The third kappa shape index (κ3) is 2.95. The summed E-state index contributed by atoms with van der Waals surface area (Å²) in [4.78, 5) is 11.9. The Kier molecular flexibility index (Phi) is 3.95. The van der Waals surface area contributed by atoms with Gasteiger partial charge in [0.2, 0.25) is 0 Å². The molecule has 1 aromatic carbocycles. The Morgan fingerprint density at radius 3 is 2.94 bits per heavy atom. The van der Waals surface area contributed by atoms with Crippen LogP contribution in [0.5, 0.6) is 0 Å². The highest BCUT2D eigenvalue weighted by atomic mass is 16.1. The van der Waals surface area contributed by atoms with Crippen LogP contribution in [0.4, 0.5) is 0 Å². The number of fused-ring (bicyclic) bond motifs is 1. The summed E-state index contributed by atoms with van der Waals surface area (Å²) in [5.74, 6) is 0.776. The molecule has 0 saturated carbocycles. The summed E-state index contributed by atoms with van der Waals surface area (Å²) < 4.78 is 0.